The molecule has 0 aliphatic carbocycles. The van der Waals surface area contributed by atoms with E-state index < -0.39 is 12.0 Å². The number of carboxylic acids is 1. The van der Waals surface area contributed by atoms with Crippen molar-refractivity contribution in [2.45, 2.75) is 44.4 Å². The number of ether oxygens (including phenoxy) is 1. The van der Waals surface area contributed by atoms with Crippen molar-refractivity contribution in [2.75, 3.05) is 13.7 Å². The summed E-state index contributed by atoms with van der Waals surface area (Å²) in [4.78, 5) is 22.7. The van der Waals surface area contributed by atoms with Crippen LogP contribution >= 0.6 is 0 Å². The standard InChI is InChI=1S/C11H20N2O4/c1-3-4-8(11(15)16)13-10(14)9-5-7(17-2)6-12-9/h7-9,12H,3-6H2,1-2H3,(H,13,14)(H,15,16)/t7?,8-,9?/m0/s1. The minimum Gasteiger partial charge on any atom is -0.480 e. The van der Waals surface area contributed by atoms with Crippen LogP contribution in [0, 0.1) is 0 Å². The maximum Gasteiger partial charge on any atom is 0.326 e. The second-order valence-corrected chi connectivity index (χ2v) is 4.24. The van der Waals surface area contributed by atoms with Gasteiger partial charge in [0.05, 0.1) is 12.1 Å². The lowest BCUT2D eigenvalue weighted by Gasteiger charge is -2.16. The van der Waals surface area contributed by atoms with Crippen molar-refractivity contribution >= 4 is 11.9 Å². The van der Waals surface area contributed by atoms with Crippen molar-refractivity contribution < 1.29 is 19.4 Å². The Morgan fingerprint density at radius 2 is 2.29 bits per heavy atom. The summed E-state index contributed by atoms with van der Waals surface area (Å²) in [6.07, 6.45) is 1.78. The predicted octanol–water partition coefficient (Wildman–Crippen LogP) is -0.267. The zero-order valence-corrected chi connectivity index (χ0v) is 10.2. The number of rotatable bonds is 6. The minimum atomic E-state index is -0.985. The fourth-order valence-corrected chi connectivity index (χ4v) is 1.90. The summed E-state index contributed by atoms with van der Waals surface area (Å²) in [5.41, 5.74) is 0. The first-order chi connectivity index (χ1) is 8.08. The van der Waals surface area contributed by atoms with Gasteiger partial charge in [-0.2, -0.15) is 0 Å². The molecule has 3 atom stereocenters. The van der Waals surface area contributed by atoms with Crippen molar-refractivity contribution in [3.05, 3.63) is 0 Å². The predicted molar refractivity (Wildman–Crippen MR) is 61.7 cm³/mol. The molecule has 2 unspecified atom stereocenters. The molecule has 0 aromatic rings. The van der Waals surface area contributed by atoms with Crippen LogP contribution in [-0.2, 0) is 14.3 Å². The van der Waals surface area contributed by atoms with Crippen LogP contribution in [0.2, 0.25) is 0 Å². The van der Waals surface area contributed by atoms with Crippen LogP contribution in [0.1, 0.15) is 26.2 Å². The van der Waals surface area contributed by atoms with Gasteiger partial charge < -0.3 is 20.5 Å². The molecule has 0 bridgehead atoms. The van der Waals surface area contributed by atoms with E-state index in [-0.39, 0.29) is 18.1 Å². The van der Waals surface area contributed by atoms with Gasteiger partial charge in [-0.25, -0.2) is 4.79 Å². The number of nitrogens with one attached hydrogen (secondary N) is 2. The number of amides is 1. The Morgan fingerprint density at radius 3 is 2.76 bits per heavy atom. The monoisotopic (exact) mass is 244 g/mol. The highest BCUT2D eigenvalue weighted by Crippen LogP contribution is 2.10. The van der Waals surface area contributed by atoms with Crippen LogP contribution in [0.4, 0.5) is 0 Å². The summed E-state index contributed by atoms with van der Waals surface area (Å²) in [7, 11) is 1.60. The molecular formula is C11H20N2O4. The van der Waals surface area contributed by atoms with E-state index in [4.69, 9.17) is 9.84 Å². The van der Waals surface area contributed by atoms with Crippen molar-refractivity contribution in [2.24, 2.45) is 0 Å². The van der Waals surface area contributed by atoms with E-state index in [1.54, 1.807) is 7.11 Å². The number of carbonyl (C=O) groups is 2. The van der Waals surface area contributed by atoms with Crippen LogP contribution in [0.25, 0.3) is 0 Å². The van der Waals surface area contributed by atoms with Gasteiger partial charge in [-0.3, -0.25) is 4.79 Å². The van der Waals surface area contributed by atoms with Crippen molar-refractivity contribution in [3.8, 4) is 0 Å². The van der Waals surface area contributed by atoms with Gasteiger partial charge in [-0.1, -0.05) is 13.3 Å². The molecule has 0 radical (unpaired) electrons. The molecule has 1 amide bonds. The fraction of sp³-hybridized carbons (Fsp3) is 0.818. The van der Waals surface area contributed by atoms with Crippen molar-refractivity contribution in [1.82, 2.24) is 10.6 Å². The Labute approximate surface area is 101 Å². The van der Waals surface area contributed by atoms with E-state index in [0.29, 0.717) is 19.4 Å². The number of methoxy groups -OCH3 is 1. The Balaban J connectivity index is 2.45. The van der Waals surface area contributed by atoms with Gasteiger partial charge in [0.15, 0.2) is 0 Å². The van der Waals surface area contributed by atoms with E-state index in [1.807, 2.05) is 6.92 Å². The van der Waals surface area contributed by atoms with Crippen LogP contribution in [0.15, 0.2) is 0 Å². The summed E-state index contributed by atoms with van der Waals surface area (Å²) in [6.45, 7) is 2.51. The Hall–Kier alpha value is -1.14. The molecule has 6 heteroatoms. The number of carbonyl (C=O) groups excluding carboxylic acids is 1. The molecule has 0 saturated carbocycles. The van der Waals surface area contributed by atoms with Crippen LogP contribution in [0.5, 0.6) is 0 Å². The van der Waals surface area contributed by atoms with Gasteiger partial charge in [-0.05, 0) is 12.8 Å². The molecule has 6 nitrogen and oxygen atoms in total. The number of hydrogen-bond acceptors (Lipinski definition) is 4. The molecule has 1 heterocycles. The van der Waals surface area contributed by atoms with E-state index >= 15 is 0 Å². The summed E-state index contributed by atoms with van der Waals surface area (Å²) < 4.78 is 5.13. The van der Waals surface area contributed by atoms with Gasteiger partial charge in [0.2, 0.25) is 5.91 Å². The van der Waals surface area contributed by atoms with Crippen LogP contribution in [-0.4, -0.2) is 48.8 Å². The molecule has 17 heavy (non-hydrogen) atoms. The molecular weight excluding hydrogens is 224 g/mol. The third kappa shape index (κ3) is 3.98. The second kappa shape index (κ2) is 6.56. The topological polar surface area (TPSA) is 87.7 Å². The number of aliphatic carboxylic acids is 1. The maximum atomic E-state index is 11.8. The van der Waals surface area contributed by atoms with E-state index in [1.165, 1.54) is 0 Å². The molecule has 3 N–H and O–H groups in total. The van der Waals surface area contributed by atoms with Crippen LogP contribution in [0.3, 0.4) is 0 Å². The molecule has 1 aliphatic rings. The Kier molecular flexibility index (Phi) is 5.37. The highest BCUT2D eigenvalue weighted by atomic mass is 16.5. The van der Waals surface area contributed by atoms with Gasteiger partial charge in [0.1, 0.15) is 6.04 Å². The molecule has 1 rings (SSSR count). The van der Waals surface area contributed by atoms with Gasteiger partial charge in [0.25, 0.3) is 0 Å². The van der Waals surface area contributed by atoms with Gasteiger partial charge in [0, 0.05) is 13.7 Å². The number of carboxylic acid groups (broad SMARTS) is 1. The van der Waals surface area contributed by atoms with E-state index in [0.717, 1.165) is 6.42 Å². The fourth-order valence-electron chi connectivity index (χ4n) is 1.90. The summed E-state index contributed by atoms with van der Waals surface area (Å²) in [6, 6.07) is -1.14. The molecule has 0 aromatic heterocycles. The molecule has 0 spiro atoms. The third-order valence-electron chi connectivity index (χ3n) is 2.93. The highest BCUT2D eigenvalue weighted by molar-refractivity contribution is 5.87. The molecule has 1 saturated heterocycles. The molecule has 1 aliphatic heterocycles. The first-order valence-electron chi connectivity index (χ1n) is 5.87. The average Bonchev–Trinajstić information content (AvgIpc) is 2.76. The number of hydrogen-bond donors (Lipinski definition) is 3. The summed E-state index contributed by atoms with van der Waals surface area (Å²) in [5.74, 6) is -1.24. The smallest absolute Gasteiger partial charge is 0.326 e. The first-order valence-corrected chi connectivity index (χ1v) is 5.87. The Morgan fingerprint density at radius 1 is 1.59 bits per heavy atom. The average molecular weight is 244 g/mol. The quantitative estimate of drug-likeness (QED) is 0.599. The molecule has 98 valence electrons. The lowest BCUT2D eigenvalue weighted by molar-refractivity contribution is -0.142. The van der Waals surface area contributed by atoms with E-state index in [9.17, 15) is 9.59 Å². The SMILES string of the molecule is CCC[C@H](NC(=O)C1CC(OC)CN1)C(=O)O. The van der Waals surface area contributed by atoms with E-state index in [2.05, 4.69) is 10.6 Å². The zero-order valence-electron chi connectivity index (χ0n) is 10.2. The van der Waals surface area contributed by atoms with Crippen molar-refractivity contribution in [1.29, 1.82) is 0 Å². The normalized spacial score (nSPS) is 25.5. The van der Waals surface area contributed by atoms with Crippen molar-refractivity contribution in [3.63, 3.8) is 0 Å². The summed E-state index contributed by atoms with van der Waals surface area (Å²) in [5, 5.41) is 14.5. The lowest BCUT2D eigenvalue weighted by Crippen LogP contribution is -2.48. The second-order valence-electron chi connectivity index (χ2n) is 4.24. The maximum absolute atomic E-state index is 11.8. The minimum absolute atomic E-state index is 0.0280. The highest BCUT2D eigenvalue weighted by Gasteiger charge is 2.31. The molecule has 0 aromatic carbocycles. The largest absolute Gasteiger partial charge is 0.480 e. The lowest BCUT2D eigenvalue weighted by atomic mass is 10.1. The first kappa shape index (κ1) is 13.9. The molecule has 1 fully saturated rings. The van der Waals surface area contributed by atoms with Crippen LogP contribution < -0.4 is 10.6 Å². The van der Waals surface area contributed by atoms with Gasteiger partial charge >= 0.3 is 5.97 Å². The Bertz CT molecular complexity index is 283. The zero-order chi connectivity index (χ0) is 12.8. The summed E-state index contributed by atoms with van der Waals surface area (Å²) >= 11 is 0. The van der Waals surface area contributed by atoms with Gasteiger partial charge in [-0.15, -0.1) is 0 Å². The third-order valence-corrected chi connectivity index (χ3v) is 2.93.